The van der Waals surface area contributed by atoms with Crippen molar-refractivity contribution in [3.8, 4) is 0 Å². The summed E-state index contributed by atoms with van der Waals surface area (Å²) in [4.78, 5) is 2.40. The largest absolute Gasteiger partial charge is 0.313 e. The molecule has 0 bridgehead atoms. The van der Waals surface area contributed by atoms with Gasteiger partial charge in [-0.25, -0.2) is 0 Å². The van der Waals surface area contributed by atoms with Crippen LogP contribution in [-0.4, -0.2) is 37.6 Å². The van der Waals surface area contributed by atoms with E-state index in [1.54, 1.807) is 0 Å². The predicted molar refractivity (Wildman–Crippen MR) is 73.4 cm³/mol. The molecular weight excluding hydrogens is 208 g/mol. The van der Waals surface area contributed by atoms with Gasteiger partial charge in [-0.2, -0.15) is 0 Å². The molecule has 1 aliphatic heterocycles. The average molecular weight is 232 g/mol. The molecule has 2 heteroatoms. The van der Waals surface area contributed by atoms with Gasteiger partial charge in [0.1, 0.15) is 0 Å². The van der Waals surface area contributed by atoms with Crippen LogP contribution >= 0.6 is 0 Å². The molecule has 1 saturated heterocycles. The van der Waals surface area contributed by atoms with Gasteiger partial charge in [0.15, 0.2) is 0 Å². The van der Waals surface area contributed by atoms with E-state index in [-0.39, 0.29) is 0 Å². The first-order chi connectivity index (χ1) is 8.25. The number of likely N-dealkylation sites (N-methyl/N-ethyl adjacent to an activating group) is 1. The van der Waals surface area contributed by atoms with Crippen LogP contribution in [-0.2, 0) is 0 Å². The van der Waals surface area contributed by atoms with Crippen LogP contribution in [0.5, 0.6) is 0 Å². The highest BCUT2D eigenvalue weighted by atomic mass is 15.2. The zero-order chi connectivity index (χ0) is 12.1. The minimum Gasteiger partial charge on any atom is -0.313 e. The highest BCUT2D eigenvalue weighted by Gasteiger charge is 2.18. The Bertz CT molecular complexity index is 323. The van der Waals surface area contributed by atoms with Crippen molar-refractivity contribution in [3.05, 3.63) is 35.9 Å². The van der Waals surface area contributed by atoms with Gasteiger partial charge in [0.25, 0.3) is 0 Å². The summed E-state index contributed by atoms with van der Waals surface area (Å²) in [5.41, 5.74) is 1.46. The SMILES string of the molecule is CC(CCNC1CCN(C)C1)c1ccccc1. The molecule has 2 rings (SSSR count). The van der Waals surface area contributed by atoms with Crippen molar-refractivity contribution in [1.29, 1.82) is 0 Å². The summed E-state index contributed by atoms with van der Waals surface area (Å²) in [6.45, 7) is 5.90. The van der Waals surface area contributed by atoms with Crippen molar-refractivity contribution < 1.29 is 0 Å². The Balaban J connectivity index is 1.68. The molecule has 94 valence electrons. The summed E-state index contributed by atoms with van der Waals surface area (Å²) in [6.07, 6.45) is 2.53. The topological polar surface area (TPSA) is 15.3 Å². The smallest absolute Gasteiger partial charge is 0.0207 e. The van der Waals surface area contributed by atoms with Gasteiger partial charge in [-0.15, -0.1) is 0 Å². The van der Waals surface area contributed by atoms with E-state index in [1.807, 2.05) is 0 Å². The number of rotatable bonds is 5. The van der Waals surface area contributed by atoms with Crippen LogP contribution in [0.25, 0.3) is 0 Å². The van der Waals surface area contributed by atoms with Crippen molar-refractivity contribution in [3.63, 3.8) is 0 Å². The zero-order valence-electron chi connectivity index (χ0n) is 11.0. The van der Waals surface area contributed by atoms with Crippen molar-refractivity contribution >= 4 is 0 Å². The molecule has 1 fully saturated rings. The van der Waals surface area contributed by atoms with Gasteiger partial charge >= 0.3 is 0 Å². The maximum Gasteiger partial charge on any atom is 0.0207 e. The molecule has 1 N–H and O–H groups in total. The Kier molecular flexibility index (Phi) is 4.57. The molecule has 2 unspecified atom stereocenters. The van der Waals surface area contributed by atoms with E-state index in [0.717, 1.165) is 6.54 Å². The first kappa shape index (κ1) is 12.6. The van der Waals surface area contributed by atoms with Crippen LogP contribution in [0.3, 0.4) is 0 Å². The number of hydrogen-bond acceptors (Lipinski definition) is 2. The maximum atomic E-state index is 3.67. The van der Waals surface area contributed by atoms with Crippen molar-refractivity contribution in [2.24, 2.45) is 0 Å². The van der Waals surface area contributed by atoms with E-state index < -0.39 is 0 Å². The first-order valence-electron chi connectivity index (χ1n) is 6.72. The third kappa shape index (κ3) is 3.83. The Morgan fingerprint density at radius 3 is 2.76 bits per heavy atom. The fourth-order valence-electron chi connectivity index (χ4n) is 2.55. The molecule has 0 saturated carbocycles. The fourth-order valence-corrected chi connectivity index (χ4v) is 2.55. The number of hydrogen-bond donors (Lipinski definition) is 1. The molecule has 0 amide bonds. The summed E-state index contributed by atoms with van der Waals surface area (Å²) < 4.78 is 0. The van der Waals surface area contributed by atoms with E-state index in [2.05, 4.69) is 54.5 Å². The van der Waals surface area contributed by atoms with E-state index in [4.69, 9.17) is 0 Å². The number of likely N-dealkylation sites (tertiary alicyclic amines) is 1. The second-order valence-electron chi connectivity index (χ2n) is 5.30. The number of benzene rings is 1. The lowest BCUT2D eigenvalue weighted by atomic mass is 9.98. The zero-order valence-corrected chi connectivity index (χ0v) is 11.0. The van der Waals surface area contributed by atoms with Crippen LogP contribution in [0.2, 0.25) is 0 Å². The molecular formula is C15H24N2. The van der Waals surface area contributed by atoms with Crippen LogP contribution in [0.15, 0.2) is 30.3 Å². The standard InChI is InChI=1S/C15H24N2/c1-13(14-6-4-3-5-7-14)8-10-16-15-9-11-17(2)12-15/h3-7,13,15-16H,8-12H2,1-2H3. The van der Waals surface area contributed by atoms with Crippen molar-refractivity contribution in [2.75, 3.05) is 26.7 Å². The Morgan fingerprint density at radius 2 is 2.12 bits per heavy atom. The molecule has 0 aliphatic carbocycles. The van der Waals surface area contributed by atoms with Crippen LogP contribution in [0.1, 0.15) is 31.2 Å². The fraction of sp³-hybridized carbons (Fsp3) is 0.600. The highest BCUT2D eigenvalue weighted by molar-refractivity contribution is 5.18. The molecule has 0 spiro atoms. The lowest BCUT2D eigenvalue weighted by Gasteiger charge is -2.16. The van der Waals surface area contributed by atoms with E-state index >= 15 is 0 Å². The molecule has 1 heterocycles. The van der Waals surface area contributed by atoms with E-state index in [0.29, 0.717) is 12.0 Å². The second-order valence-corrected chi connectivity index (χ2v) is 5.30. The average Bonchev–Trinajstić information content (AvgIpc) is 2.76. The van der Waals surface area contributed by atoms with Crippen molar-refractivity contribution in [1.82, 2.24) is 10.2 Å². The molecule has 17 heavy (non-hydrogen) atoms. The second kappa shape index (κ2) is 6.18. The molecule has 0 aromatic heterocycles. The van der Waals surface area contributed by atoms with E-state index in [9.17, 15) is 0 Å². The third-order valence-electron chi connectivity index (χ3n) is 3.77. The van der Waals surface area contributed by atoms with Gasteiger partial charge in [0.05, 0.1) is 0 Å². The number of nitrogens with one attached hydrogen (secondary N) is 1. The summed E-state index contributed by atoms with van der Waals surface area (Å²) in [7, 11) is 2.20. The van der Waals surface area contributed by atoms with Gasteiger partial charge in [0, 0.05) is 12.6 Å². The van der Waals surface area contributed by atoms with Crippen LogP contribution in [0.4, 0.5) is 0 Å². The monoisotopic (exact) mass is 232 g/mol. The minimum absolute atomic E-state index is 0.655. The molecule has 0 radical (unpaired) electrons. The highest BCUT2D eigenvalue weighted by Crippen LogP contribution is 2.17. The Morgan fingerprint density at radius 1 is 1.35 bits per heavy atom. The molecule has 1 aromatic carbocycles. The van der Waals surface area contributed by atoms with Crippen LogP contribution in [0, 0.1) is 0 Å². The van der Waals surface area contributed by atoms with Crippen LogP contribution < -0.4 is 5.32 Å². The predicted octanol–water partition coefficient (Wildman–Crippen LogP) is 2.47. The third-order valence-corrected chi connectivity index (χ3v) is 3.77. The summed E-state index contributed by atoms with van der Waals surface area (Å²) in [6, 6.07) is 11.5. The molecule has 1 aromatic rings. The minimum atomic E-state index is 0.655. The molecule has 2 nitrogen and oxygen atoms in total. The van der Waals surface area contributed by atoms with Crippen molar-refractivity contribution in [2.45, 2.75) is 31.7 Å². The molecule has 1 aliphatic rings. The first-order valence-corrected chi connectivity index (χ1v) is 6.72. The normalized spacial score (nSPS) is 22.8. The van der Waals surface area contributed by atoms with Gasteiger partial charge in [-0.1, -0.05) is 37.3 Å². The number of nitrogens with zero attached hydrogens (tertiary/aromatic N) is 1. The molecule has 2 atom stereocenters. The van der Waals surface area contributed by atoms with E-state index in [1.165, 1.54) is 31.5 Å². The van der Waals surface area contributed by atoms with Gasteiger partial charge in [-0.3, -0.25) is 0 Å². The summed E-state index contributed by atoms with van der Waals surface area (Å²) >= 11 is 0. The van der Waals surface area contributed by atoms with Gasteiger partial charge in [0.2, 0.25) is 0 Å². The van der Waals surface area contributed by atoms with Gasteiger partial charge < -0.3 is 10.2 Å². The quantitative estimate of drug-likeness (QED) is 0.839. The Hall–Kier alpha value is -0.860. The van der Waals surface area contributed by atoms with Gasteiger partial charge in [-0.05, 0) is 44.5 Å². The lowest BCUT2D eigenvalue weighted by Crippen LogP contribution is -2.32. The maximum absolute atomic E-state index is 3.67. The lowest BCUT2D eigenvalue weighted by molar-refractivity contribution is 0.396. The Labute approximate surface area is 105 Å². The summed E-state index contributed by atoms with van der Waals surface area (Å²) in [5.74, 6) is 0.655. The summed E-state index contributed by atoms with van der Waals surface area (Å²) in [5, 5.41) is 3.67.